The number of pyridine rings is 1. The van der Waals surface area contributed by atoms with Gasteiger partial charge in [0.1, 0.15) is 0 Å². The molecule has 0 radical (unpaired) electrons. The van der Waals surface area contributed by atoms with Gasteiger partial charge in [-0.25, -0.2) is 0 Å². The second-order valence-corrected chi connectivity index (χ2v) is 8.17. The zero-order valence-corrected chi connectivity index (χ0v) is 14.4. The lowest BCUT2D eigenvalue weighted by molar-refractivity contribution is 0.0886. The van der Waals surface area contributed by atoms with Crippen LogP contribution in [0, 0.1) is 17.3 Å². The molecule has 0 N–H and O–H groups in total. The summed E-state index contributed by atoms with van der Waals surface area (Å²) in [6.45, 7) is 2.53. The van der Waals surface area contributed by atoms with Crippen LogP contribution in [0.25, 0.3) is 5.57 Å². The molecular formula is C23H25N. The summed E-state index contributed by atoms with van der Waals surface area (Å²) in [4.78, 5) is 4.37. The van der Waals surface area contributed by atoms with E-state index in [2.05, 4.69) is 60.6 Å². The summed E-state index contributed by atoms with van der Waals surface area (Å²) < 4.78 is 0. The molecule has 3 aliphatic rings. The van der Waals surface area contributed by atoms with E-state index < -0.39 is 0 Å². The van der Waals surface area contributed by atoms with E-state index in [9.17, 15) is 0 Å². The molecule has 0 aliphatic heterocycles. The van der Waals surface area contributed by atoms with Crippen molar-refractivity contribution in [2.75, 3.05) is 0 Å². The van der Waals surface area contributed by atoms with Crippen LogP contribution in [0.1, 0.15) is 55.2 Å². The summed E-state index contributed by atoms with van der Waals surface area (Å²) >= 11 is 0. The zero-order chi connectivity index (χ0) is 16.1. The number of aryl methyl sites for hydroxylation is 1. The third-order valence-corrected chi connectivity index (χ3v) is 7.19. The highest BCUT2D eigenvalue weighted by Crippen LogP contribution is 2.62. The van der Waals surface area contributed by atoms with Gasteiger partial charge in [-0.05, 0) is 83.6 Å². The minimum atomic E-state index is 0.344. The normalized spacial score (nSPS) is 34.0. The van der Waals surface area contributed by atoms with Crippen molar-refractivity contribution >= 4 is 5.57 Å². The standard InChI is InChI=1S/C23H25N/c1-23-13-12-19-18-7-3-2-5-16(18)8-9-20(19)22(23)11-10-21(23)17-6-4-14-24-15-17/h2-7,10,14-15,19-20,22H,8-9,11-13H2,1H3/t19-,20-,22+,23-/m1/s1. The van der Waals surface area contributed by atoms with Gasteiger partial charge >= 0.3 is 0 Å². The van der Waals surface area contributed by atoms with Crippen LogP contribution in [0.5, 0.6) is 0 Å². The molecule has 1 nitrogen and oxygen atoms in total. The molecule has 0 spiro atoms. The van der Waals surface area contributed by atoms with Crippen LogP contribution in [-0.4, -0.2) is 4.98 Å². The lowest BCUT2D eigenvalue weighted by Gasteiger charge is -2.50. The van der Waals surface area contributed by atoms with Gasteiger partial charge in [0.2, 0.25) is 0 Å². The van der Waals surface area contributed by atoms with Crippen molar-refractivity contribution in [3.8, 4) is 0 Å². The number of benzene rings is 1. The van der Waals surface area contributed by atoms with E-state index in [1.54, 1.807) is 16.7 Å². The topological polar surface area (TPSA) is 12.9 Å². The van der Waals surface area contributed by atoms with Gasteiger partial charge in [0, 0.05) is 12.4 Å². The number of hydrogen-bond donors (Lipinski definition) is 0. The van der Waals surface area contributed by atoms with Crippen molar-refractivity contribution in [3.63, 3.8) is 0 Å². The molecule has 2 aromatic rings. The largest absolute Gasteiger partial charge is 0.264 e. The molecule has 1 fully saturated rings. The fourth-order valence-corrected chi connectivity index (χ4v) is 6.06. The number of aromatic nitrogens is 1. The van der Waals surface area contributed by atoms with E-state index in [1.807, 2.05) is 6.20 Å². The van der Waals surface area contributed by atoms with Crippen molar-refractivity contribution < 1.29 is 0 Å². The highest BCUT2D eigenvalue weighted by atomic mass is 14.6. The Bertz CT molecular complexity index is 791. The lowest BCUT2D eigenvalue weighted by atomic mass is 9.54. The van der Waals surface area contributed by atoms with Gasteiger partial charge in [-0.2, -0.15) is 0 Å². The average molecular weight is 315 g/mol. The molecule has 4 atom stereocenters. The first-order chi connectivity index (χ1) is 11.8. The fraction of sp³-hybridized carbons (Fsp3) is 0.435. The zero-order valence-electron chi connectivity index (χ0n) is 14.4. The first kappa shape index (κ1) is 14.5. The van der Waals surface area contributed by atoms with Gasteiger partial charge in [0.05, 0.1) is 0 Å². The third kappa shape index (κ3) is 1.97. The Morgan fingerprint density at radius 3 is 2.88 bits per heavy atom. The molecular weight excluding hydrogens is 290 g/mol. The second-order valence-electron chi connectivity index (χ2n) is 8.17. The molecule has 0 bridgehead atoms. The molecule has 0 saturated heterocycles. The van der Waals surface area contributed by atoms with Gasteiger partial charge in [-0.3, -0.25) is 4.98 Å². The van der Waals surface area contributed by atoms with E-state index in [-0.39, 0.29) is 0 Å². The van der Waals surface area contributed by atoms with Crippen molar-refractivity contribution in [1.29, 1.82) is 0 Å². The van der Waals surface area contributed by atoms with Crippen molar-refractivity contribution in [1.82, 2.24) is 4.98 Å². The number of hydrogen-bond acceptors (Lipinski definition) is 1. The monoisotopic (exact) mass is 315 g/mol. The van der Waals surface area contributed by atoms with E-state index in [4.69, 9.17) is 0 Å². The molecule has 3 aliphatic carbocycles. The Morgan fingerprint density at radius 2 is 2.00 bits per heavy atom. The SMILES string of the molecule is C[C@]12CC[C@@H]3c4ccccc4CC[C@H]3[C@@H]1CC=C2c1cccnc1. The lowest BCUT2D eigenvalue weighted by Crippen LogP contribution is -2.40. The van der Waals surface area contributed by atoms with E-state index >= 15 is 0 Å². The quantitative estimate of drug-likeness (QED) is 0.664. The van der Waals surface area contributed by atoms with Gasteiger partial charge in [-0.1, -0.05) is 43.3 Å². The maximum atomic E-state index is 4.37. The summed E-state index contributed by atoms with van der Waals surface area (Å²) in [5.41, 5.74) is 6.53. The Hall–Kier alpha value is -1.89. The van der Waals surface area contributed by atoms with Crippen LogP contribution in [0.15, 0.2) is 54.9 Å². The molecule has 1 heteroatoms. The number of rotatable bonds is 1. The first-order valence-corrected chi connectivity index (χ1v) is 9.46. The fourth-order valence-electron chi connectivity index (χ4n) is 6.06. The van der Waals surface area contributed by atoms with Gasteiger partial charge in [-0.15, -0.1) is 0 Å². The van der Waals surface area contributed by atoms with E-state index in [0.29, 0.717) is 5.41 Å². The second kappa shape index (κ2) is 5.31. The van der Waals surface area contributed by atoms with Crippen LogP contribution in [0.4, 0.5) is 0 Å². The molecule has 0 unspecified atom stereocenters. The molecule has 24 heavy (non-hydrogen) atoms. The molecule has 1 aromatic carbocycles. The maximum Gasteiger partial charge on any atom is 0.0343 e. The number of nitrogens with zero attached hydrogens (tertiary/aromatic N) is 1. The number of allylic oxidation sites excluding steroid dienone is 2. The Kier molecular flexibility index (Phi) is 3.20. The van der Waals surface area contributed by atoms with Gasteiger partial charge in [0.15, 0.2) is 0 Å². The Balaban J connectivity index is 1.51. The van der Waals surface area contributed by atoms with Crippen molar-refractivity contribution in [2.45, 2.75) is 44.9 Å². The van der Waals surface area contributed by atoms with Crippen LogP contribution in [0.2, 0.25) is 0 Å². The predicted octanol–water partition coefficient (Wildman–Crippen LogP) is 5.63. The average Bonchev–Trinajstić information content (AvgIpc) is 2.99. The molecule has 1 aromatic heterocycles. The summed E-state index contributed by atoms with van der Waals surface area (Å²) in [6, 6.07) is 13.5. The Labute approximate surface area is 144 Å². The van der Waals surface area contributed by atoms with Crippen LogP contribution in [0.3, 0.4) is 0 Å². The number of fused-ring (bicyclic) bond motifs is 5. The summed E-state index contributed by atoms with van der Waals surface area (Å²) in [6.07, 6.45) is 13.0. The maximum absolute atomic E-state index is 4.37. The van der Waals surface area contributed by atoms with Crippen LogP contribution in [-0.2, 0) is 6.42 Å². The summed E-state index contributed by atoms with van der Waals surface area (Å²) in [5.74, 6) is 2.44. The van der Waals surface area contributed by atoms with Crippen LogP contribution < -0.4 is 0 Å². The highest BCUT2D eigenvalue weighted by Gasteiger charge is 2.51. The smallest absolute Gasteiger partial charge is 0.0343 e. The molecule has 1 heterocycles. The summed E-state index contributed by atoms with van der Waals surface area (Å²) in [5, 5.41) is 0. The molecule has 122 valence electrons. The predicted molar refractivity (Wildman–Crippen MR) is 98.7 cm³/mol. The molecule has 5 rings (SSSR count). The van der Waals surface area contributed by atoms with Crippen LogP contribution >= 0.6 is 0 Å². The summed E-state index contributed by atoms with van der Waals surface area (Å²) in [7, 11) is 0. The Morgan fingerprint density at radius 1 is 1.08 bits per heavy atom. The highest BCUT2D eigenvalue weighted by molar-refractivity contribution is 5.72. The molecule has 1 saturated carbocycles. The minimum Gasteiger partial charge on any atom is -0.264 e. The first-order valence-electron chi connectivity index (χ1n) is 9.46. The van der Waals surface area contributed by atoms with Gasteiger partial charge < -0.3 is 0 Å². The van der Waals surface area contributed by atoms with E-state index in [1.165, 1.54) is 37.7 Å². The third-order valence-electron chi connectivity index (χ3n) is 7.19. The molecule has 0 amide bonds. The minimum absolute atomic E-state index is 0.344. The van der Waals surface area contributed by atoms with Crippen molar-refractivity contribution in [3.05, 3.63) is 71.6 Å². The van der Waals surface area contributed by atoms with E-state index in [0.717, 1.165) is 17.8 Å². The van der Waals surface area contributed by atoms with Gasteiger partial charge in [0.25, 0.3) is 0 Å². The van der Waals surface area contributed by atoms with Crippen molar-refractivity contribution in [2.24, 2.45) is 17.3 Å².